The van der Waals surface area contributed by atoms with Crippen LogP contribution in [0.5, 0.6) is 0 Å². The van der Waals surface area contributed by atoms with E-state index in [0.29, 0.717) is 22.5 Å². The van der Waals surface area contributed by atoms with Gasteiger partial charge in [0.05, 0.1) is 22.8 Å². The van der Waals surface area contributed by atoms with Crippen LogP contribution < -0.4 is 4.72 Å². The Morgan fingerprint density at radius 2 is 1.83 bits per heavy atom. The maximum atomic E-state index is 13.9. The first-order chi connectivity index (χ1) is 16.2. The third-order valence-electron chi connectivity index (χ3n) is 5.46. The molecule has 0 aliphatic heterocycles. The van der Waals surface area contributed by atoms with E-state index in [1.807, 2.05) is 43.7 Å². The van der Waals surface area contributed by atoms with Crippen LogP contribution in [0.2, 0.25) is 25.7 Å². The van der Waals surface area contributed by atoms with Crippen molar-refractivity contribution in [3.63, 3.8) is 0 Å². The molecule has 2 unspecified atom stereocenters. The maximum Gasteiger partial charge on any atom is 0.136 e. The van der Waals surface area contributed by atoms with E-state index in [-0.39, 0.29) is 6.42 Å². The van der Waals surface area contributed by atoms with Gasteiger partial charge < -0.3 is 13.9 Å². The molecule has 0 aliphatic rings. The molecule has 5 nitrogen and oxygen atoms in total. The number of fused-ring (bicyclic) bond motifs is 1. The van der Waals surface area contributed by atoms with Crippen LogP contribution in [0.15, 0.2) is 41.0 Å². The Morgan fingerprint density at radius 3 is 2.43 bits per heavy atom. The molecule has 0 bridgehead atoms. The van der Waals surface area contributed by atoms with Crippen LogP contribution >= 0.6 is 15.9 Å². The van der Waals surface area contributed by atoms with Crippen LogP contribution in [0.1, 0.15) is 38.1 Å². The Hall–Kier alpha value is -1.30. The second kappa shape index (κ2) is 11.4. The third-order valence-corrected chi connectivity index (χ3v) is 9.41. The molecule has 192 valence electrons. The molecular formula is C25H34BrF2N3O2SSi. The van der Waals surface area contributed by atoms with Gasteiger partial charge in [0.15, 0.2) is 0 Å². The van der Waals surface area contributed by atoms with E-state index in [9.17, 15) is 13.3 Å². The zero-order chi connectivity index (χ0) is 26.0. The van der Waals surface area contributed by atoms with E-state index >= 15 is 0 Å². The Bertz CT molecular complexity index is 1140. The fourth-order valence-electron chi connectivity index (χ4n) is 3.46. The zero-order valence-corrected chi connectivity index (χ0v) is 24.5. The van der Waals surface area contributed by atoms with Crippen molar-refractivity contribution in [1.82, 2.24) is 14.3 Å². The van der Waals surface area contributed by atoms with Crippen molar-refractivity contribution < 1.29 is 18.1 Å². The Kier molecular flexibility index (Phi) is 9.20. The van der Waals surface area contributed by atoms with Crippen LogP contribution in [0.25, 0.3) is 11.0 Å². The highest BCUT2D eigenvalue weighted by atomic mass is 79.9. The number of hydrogen-bond acceptors (Lipinski definition) is 4. The van der Waals surface area contributed by atoms with Crippen molar-refractivity contribution in [3.05, 3.63) is 63.9 Å². The SMILES string of the molecule is CC(C)(C)[S+]([O-])NC(Cc1cc(F)cc(F)c1)c1nc2ccn(COCC[Si](C)(C)C)c2cc1Br. The molecule has 0 saturated carbocycles. The van der Waals surface area contributed by atoms with Gasteiger partial charge in [0, 0.05) is 42.8 Å². The number of ether oxygens (including phenoxy) is 1. The zero-order valence-electron chi connectivity index (χ0n) is 21.1. The molecule has 10 heteroatoms. The summed E-state index contributed by atoms with van der Waals surface area (Å²) in [6, 6.07) is 7.85. The molecule has 1 N–H and O–H groups in total. The summed E-state index contributed by atoms with van der Waals surface area (Å²) in [6.07, 6.45) is 2.15. The summed E-state index contributed by atoms with van der Waals surface area (Å²) in [7, 11) is -1.16. The smallest absolute Gasteiger partial charge is 0.136 e. The highest BCUT2D eigenvalue weighted by Crippen LogP contribution is 2.31. The highest BCUT2D eigenvalue weighted by molar-refractivity contribution is 9.10. The van der Waals surface area contributed by atoms with E-state index in [1.54, 1.807) is 0 Å². The molecule has 2 atom stereocenters. The fourth-order valence-corrected chi connectivity index (χ4v) is 5.61. The van der Waals surface area contributed by atoms with Gasteiger partial charge in [-0.05, 0) is 79.0 Å². The van der Waals surface area contributed by atoms with Crippen LogP contribution in [0.3, 0.4) is 0 Å². The van der Waals surface area contributed by atoms with E-state index < -0.39 is 41.9 Å². The van der Waals surface area contributed by atoms with Crippen molar-refractivity contribution in [2.24, 2.45) is 0 Å². The largest absolute Gasteiger partial charge is 0.598 e. The van der Waals surface area contributed by atoms with Crippen molar-refractivity contribution in [2.45, 2.75) is 70.4 Å². The summed E-state index contributed by atoms with van der Waals surface area (Å²) in [6.45, 7) is 13.7. The van der Waals surface area contributed by atoms with Crippen molar-refractivity contribution in [2.75, 3.05) is 6.61 Å². The minimum absolute atomic E-state index is 0.216. The monoisotopic (exact) mass is 585 g/mol. The number of nitrogens with zero attached hydrogens (tertiary/aromatic N) is 2. The topological polar surface area (TPSA) is 62.1 Å². The predicted molar refractivity (Wildman–Crippen MR) is 145 cm³/mol. The van der Waals surface area contributed by atoms with Gasteiger partial charge in [-0.2, -0.15) is 0 Å². The first-order valence-corrected chi connectivity index (χ1v) is 17.2. The minimum atomic E-state index is -1.42. The average molecular weight is 587 g/mol. The van der Waals surface area contributed by atoms with Crippen LogP contribution in [-0.2, 0) is 29.3 Å². The highest BCUT2D eigenvalue weighted by Gasteiger charge is 2.32. The number of rotatable bonds is 10. The predicted octanol–water partition coefficient (Wildman–Crippen LogP) is 6.72. The lowest BCUT2D eigenvalue weighted by Crippen LogP contribution is -2.42. The summed E-state index contributed by atoms with van der Waals surface area (Å²) in [4.78, 5) is 4.84. The molecule has 3 rings (SSSR count). The third kappa shape index (κ3) is 8.09. The molecular weight excluding hydrogens is 552 g/mol. The van der Waals surface area contributed by atoms with Crippen molar-refractivity contribution in [3.8, 4) is 0 Å². The average Bonchev–Trinajstić information content (AvgIpc) is 3.09. The van der Waals surface area contributed by atoms with Gasteiger partial charge in [0.25, 0.3) is 0 Å². The first kappa shape index (κ1) is 28.3. The fraction of sp³-hybridized carbons (Fsp3) is 0.480. The summed E-state index contributed by atoms with van der Waals surface area (Å²) >= 11 is 2.21. The molecule has 0 radical (unpaired) electrons. The number of benzene rings is 1. The molecule has 35 heavy (non-hydrogen) atoms. The van der Waals surface area contributed by atoms with Gasteiger partial charge in [-0.3, -0.25) is 0 Å². The molecule has 1 aromatic carbocycles. The number of aromatic nitrogens is 2. The van der Waals surface area contributed by atoms with Crippen LogP contribution in [0, 0.1) is 11.6 Å². The summed E-state index contributed by atoms with van der Waals surface area (Å²) in [5.41, 5.74) is 2.74. The van der Waals surface area contributed by atoms with Crippen molar-refractivity contribution in [1.29, 1.82) is 0 Å². The van der Waals surface area contributed by atoms with Gasteiger partial charge in [0.1, 0.15) is 23.1 Å². The van der Waals surface area contributed by atoms with Gasteiger partial charge >= 0.3 is 0 Å². The van der Waals surface area contributed by atoms with Gasteiger partial charge in [-0.25, -0.2) is 13.8 Å². The Labute approximate surface area is 219 Å². The summed E-state index contributed by atoms with van der Waals surface area (Å²) in [5, 5.41) is 0. The first-order valence-electron chi connectivity index (χ1n) is 11.6. The Balaban J connectivity index is 1.90. The number of hydrogen-bond donors (Lipinski definition) is 1. The van der Waals surface area contributed by atoms with Gasteiger partial charge in [0.2, 0.25) is 0 Å². The minimum Gasteiger partial charge on any atom is -0.598 e. The lowest BCUT2D eigenvalue weighted by Gasteiger charge is -2.28. The quantitative estimate of drug-likeness (QED) is 0.163. The van der Waals surface area contributed by atoms with E-state index in [1.165, 1.54) is 12.1 Å². The van der Waals surface area contributed by atoms with E-state index in [2.05, 4.69) is 40.3 Å². The maximum absolute atomic E-state index is 13.9. The molecule has 0 amide bonds. The second-order valence-corrected chi connectivity index (χ2v) is 19.4. The lowest BCUT2D eigenvalue weighted by atomic mass is 10.0. The summed E-state index contributed by atoms with van der Waals surface area (Å²) in [5.74, 6) is -1.30. The second-order valence-electron chi connectivity index (χ2n) is 10.9. The number of pyridine rings is 1. The van der Waals surface area contributed by atoms with E-state index in [4.69, 9.17) is 9.72 Å². The molecule has 0 spiro atoms. The van der Waals surface area contributed by atoms with Gasteiger partial charge in [-0.1, -0.05) is 19.6 Å². The Morgan fingerprint density at radius 1 is 1.17 bits per heavy atom. The molecule has 0 saturated heterocycles. The normalized spacial score (nSPS) is 14.5. The van der Waals surface area contributed by atoms with Crippen molar-refractivity contribution >= 4 is 46.4 Å². The summed E-state index contributed by atoms with van der Waals surface area (Å²) < 4.78 is 51.9. The molecule has 2 aromatic heterocycles. The van der Waals surface area contributed by atoms with E-state index in [0.717, 1.165) is 29.8 Å². The number of nitrogens with one attached hydrogen (secondary N) is 1. The van der Waals surface area contributed by atoms with Gasteiger partial charge in [-0.15, -0.1) is 4.72 Å². The molecule has 0 aliphatic carbocycles. The van der Waals surface area contributed by atoms with Crippen LogP contribution in [-0.4, -0.2) is 33.5 Å². The van der Waals surface area contributed by atoms with Crippen LogP contribution in [0.4, 0.5) is 8.78 Å². The standard InChI is InChI=1S/C25H34BrF2N3O2SSi/c1-25(2,3)34(32)30-22(13-17-11-18(27)14-19(28)12-17)24-20(26)15-23-21(29-24)7-8-31(23)16-33-9-10-35(4,5)6/h7-8,11-12,14-15,22,30H,9-10,13,16H2,1-6H3. The number of halogens is 3. The molecule has 0 fully saturated rings. The molecule has 3 aromatic rings. The lowest BCUT2D eigenvalue weighted by molar-refractivity contribution is 0.0902. The molecule has 2 heterocycles.